The Morgan fingerprint density at radius 2 is 1.75 bits per heavy atom. The highest BCUT2D eigenvalue weighted by Crippen LogP contribution is 2.34. The highest BCUT2D eigenvalue weighted by molar-refractivity contribution is 7.89. The maximum absolute atomic E-state index is 12.9. The summed E-state index contributed by atoms with van der Waals surface area (Å²) in [6, 6.07) is 18.4. The summed E-state index contributed by atoms with van der Waals surface area (Å²) in [7, 11) is -2.18. The Hall–Kier alpha value is -2.49. The molecule has 164 valence electrons. The minimum absolute atomic E-state index is 0.105. The zero-order valence-corrected chi connectivity index (χ0v) is 19.9. The van der Waals surface area contributed by atoms with Gasteiger partial charge >= 0.3 is 0 Å². The van der Waals surface area contributed by atoms with E-state index in [0.29, 0.717) is 26.3 Å². The molecule has 0 radical (unpaired) electrons. The van der Waals surface area contributed by atoms with Crippen molar-refractivity contribution in [3.63, 3.8) is 0 Å². The van der Waals surface area contributed by atoms with Crippen LogP contribution in [0.25, 0.3) is 10.2 Å². The van der Waals surface area contributed by atoms with Gasteiger partial charge < -0.3 is 0 Å². The molecule has 0 bridgehead atoms. The van der Waals surface area contributed by atoms with Crippen LogP contribution in [0.15, 0.2) is 71.6 Å². The number of thiazole rings is 1. The highest BCUT2D eigenvalue weighted by Gasteiger charge is 2.21. The molecule has 0 aliphatic rings. The number of anilines is 1. The molecule has 0 atom stereocenters. The summed E-state index contributed by atoms with van der Waals surface area (Å²) < 4.78 is 27.7. The van der Waals surface area contributed by atoms with E-state index in [1.165, 1.54) is 47.0 Å². The lowest BCUT2D eigenvalue weighted by Gasteiger charge is -2.17. The van der Waals surface area contributed by atoms with Gasteiger partial charge in [-0.15, -0.1) is 0 Å². The van der Waals surface area contributed by atoms with E-state index in [1.54, 1.807) is 12.1 Å². The quantitative estimate of drug-likeness (QED) is 0.365. The number of fused-ring (bicyclic) bond motifs is 1. The van der Waals surface area contributed by atoms with E-state index in [2.05, 4.69) is 10.3 Å². The average Bonchev–Trinajstić information content (AvgIpc) is 3.17. The van der Waals surface area contributed by atoms with Crippen LogP contribution in [0.5, 0.6) is 0 Å². The Balaban J connectivity index is 1.49. The largest absolute Gasteiger partial charge is 0.298 e. The van der Waals surface area contributed by atoms with Crippen molar-refractivity contribution in [1.82, 2.24) is 9.29 Å². The predicted molar refractivity (Wildman–Crippen MR) is 129 cm³/mol. The molecule has 10 heteroatoms. The minimum atomic E-state index is -3.70. The molecule has 0 fully saturated rings. The van der Waals surface area contributed by atoms with Gasteiger partial charge in [0.25, 0.3) is 5.91 Å². The van der Waals surface area contributed by atoms with Gasteiger partial charge in [-0.3, -0.25) is 10.1 Å². The van der Waals surface area contributed by atoms with Gasteiger partial charge in [-0.05, 0) is 42.0 Å². The van der Waals surface area contributed by atoms with E-state index < -0.39 is 15.9 Å². The second kappa shape index (κ2) is 9.17. The lowest BCUT2D eigenvalue weighted by atomic mass is 10.2. The fourth-order valence-corrected chi connectivity index (χ4v) is 5.81. The summed E-state index contributed by atoms with van der Waals surface area (Å²) in [5.74, 6) is -0.409. The number of hydrogen-bond acceptors (Lipinski definition) is 5. The molecule has 4 rings (SSSR count). The molecule has 0 spiro atoms. The van der Waals surface area contributed by atoms with Gasteiger partial charge in [-0.2, -0.15) is 4.31 Å². The van der Waals surface area contributed by atoms with E-state index in [0.717, 1.165) is 10.3 Å². The summed E-state index contributed by atoms with van der Waals surface area (Å²) in [6.45, 7) is 0.246. The fraction of sp³-hybridized carbons (Fsp3) is 0.0909. The Labute approximate surface area is 199 Å². The van der Waals surface area contributed by atoms with E-state index in [1.807, 2.05) is 30.3 Å². The van der Waals surface area contributed by atoms with E-state index in [9.17, 15) is 13.2 Å². The molecule has 6 nitrogen and oxygen atoms in total. The van der Waals surface area contributed by atoms with Gasteiger partial charge in [-0.1, -0.05) is 64.9 Å². The molecule has 4 aromatic rings. The third kappa shape index (κ3) is 4.79. The Morgan fingerprint density at radius 1 is 1.06 bits per heavy atom. The van der Waals surface area contributed by atoms with Crippen LogP contribution in [0, 0.1) is 0 Å². The number of halogens is 2. The predicted octanol–water partition coefficient (Wildman–Crippen LogP) is 5.68. The van der Waals surface area contributed by atoms with E-state index >= 15 is 0 Å². The highest BCUT2D eigenvalue weighted by atomic mass is 35.5. The molecular weight excluding hydrogens is 489 g/mol. The number of hydrogen-bond donors (Lipinski definition) is 1. The van der Waals surface area contributed by atoms with E-state index in [-0.39, 0.29) is 11.4 Å². The van der Waals surface area contributed by atoms with Crippen LogP contribution in [0.3, 0.4) is 0 Å². The molecule has 0 aliphatic heterocycles. The topological polar surface area (TPSA) is 79.4 Å². The zero-order valence-electron chi connectivity index (χ0n) is 16.7. The van der Waals surface area contributed by atoms with Crippen molar-refractivity contribution in [3.05, 3.63) is 87.9 Å². The van der Waals surface area contributed by atoms with Crippen LogP contribution in [-0.2, 0) is 16.6 Å². The molecule has 0 aliphatic carbocycles. The number of aromatic nitrogens is 1. The molecule has 1 amide bonds. The maximum Gasteiger partial charge on any atom is 0.257 e. The monoisotopic (exact) mass is 505 g/mol. The Bertz CT molecular complexity index is 1390. The van der Waals surface area contributed by atoms with Crippen LogP contribution in [0.4, 0.5) is 5.13 Å². The van der Waals surface area contributed by atoms with Gasteiger partial charge in [0.1, 0.15) is 5.52 Å². The summed E-state index contributed by atoms with van der Waals surface area (Å²) in [4.78, 5) is 17.1. The summed E-state index contributed by atoms with van der Waals surface area (Å²) in [6.07, 6.45) is 0. The van der Waals surface area contributed by atoms with Gasteiger partial charge in [0.2, 0.25) is 10.0 Å². The third-order valence-corrected chi connectivity index (χ3v) is 7.95. The van der Waals surface area contributed by atoms with Crippen molar-refractivity contribution in [3.8, 4) is 0 Å². The van der Waals surface area contributed by atoms with Crippen LogP contribution in [-0.4, -0.2) is 30.7 Å². The maximum atomic E-state index is 12.9. The Kier molecular flexibility index (Phi) is 6.50. The number of carbonyl (C=O) groups excluding carboxylic acids is 1. The lowest BCUT2D eigenvalue weighted by molar-refractivity contribution is 0.102. The van der Waals surface area contributed by atoms with Crippen LogP contribution in [0.2, 0.25) is 10.0 Å². The standard InChI is InChI=1S/C22H17Cl2N3O3S2/c1-27(13-14-5-3-2-4-6-14)32(29,30)17-9-7-15(8-10-17)21(28)26-22-25-20-18(24)11-16(23)12-19(20)31-22/h2-12H,13H2,1H3,(H,25,26,28). The van der Waals surface area contributed by atoms with Crippen molar-refractivity contribution in [2.24, 2.45) is 0 Å². The van der Waals surface area contributed by atoms with E-state index in [4.69, 9.17) is 23.2 Å². The van der Waals surface area contributed by atoms with Crippen molar-refractivity contribution >= 4 is 65.8 Å². The molecule has 1 heterocycles. The number of carbonyl (C=O) groups is 1. The van der Waals surface area contributed by atoms with Crippen LogP contribution >= 0.6 is 34.5 Å². The van der Waals surface area contributed by atoms with Gasteiger partial charge in [0, 0.05) is 24.2 Å². The Morgan fingerprint density at radius 3 is 2.44 bits per heavy atom. The SMILES string of the molecule is CN(Cc1ccccc1)S(=O)(=O)c1ccc(C(=O)Nc2nc3c(Cl)cc(Cl)cc3s2)cc1. The van der Waals surface area contributed by atoms with Crippen molar-refractivity contribution < 1.29 is 13.2 Å². The summed E-state index contributed by atoms with van der Waals surface area (Å²) in [5, 5.41) is 3.97. The van der Waals surface area contributed by atoms with Crippen molar-refractivity contribution in [1.29, 1.82) is 0 Å². The van der Waals surface area contributed by atoms with Crippen LogP contribution in [0.1, 0.15) is 15.9 Å². The first-order valence-corrected chi connectivity index (χ1v) is 12.4. The number of benzene rings is 3. The molecule has 3 aromatic carbocycles. The van der Waals surface area contributed by atoms with Gasteiger partial charge in [-0.25, -0.2) is 13.4 Å². The molecular formula is C22H17Cl2N3O3S2. The van der Waals surface area contributed by atoms with Gasteiger partial charge in [0.05, 0.1) is 14.6 Å². The normalized spacial score (nSPS) is 11.8. The minimum Gasteiger partial charge on any atom is -0.298 e. The summed E-state index contributed by atoms with van der Waals surface area (Å²) in [5.41, 5.74) is 1.74. The van der Waals surface area contributed by atoms with Gasteiger partial charge in [0.15, 0.2) is 5.13 Å². The number of nitrogens with one attached hydrogen (secondary N) is 1. The number of rotatable bonds is 6. The van der Waals surface area contributed by atoms with Crippen molar-refractivity contribution in [2.75, 3.05) is 12.4 Å². The number of amides is 1. The first kappa shape index (κ1) is 22.7. The summed E-state index contributed by atoms with van der Waals surface area (Å²) >= 11 is 13.4. The van der Waals surface area contributed by atoms with Crippen LogP contribution < -0.4 is 5.32 Å². The molecule has 0 unspecified atom stereocenters. The third-order valence-electron chi connectivity index (χ3n) is 4.71. The second-order valence-electron chi connectivity index (χ2n) is 6.98. The molecule has 1 aromatic heterocycles. The molecule has 0 saturated carbocycles. The van der Waals surface area contributed by atoms with Crippen molar-refractivity contribution in [2.45, 2.75) is 11.4 Å². The molecule has 0 saturated heterocycles. The smallest absolute Gasteiger partial charge is 0.257 e. The lowest BCUT2D eigenvalue weighted by Crippen LogP contribution is -2.26. The molecule has 1 N–H and O–H groups in total. The number of nitrogens with zero attached hydrogens (tertiary/aromatic N) is 2. The zero-order chi connectivity index (χ0) is 22.9. The first-order valence-electron chi connectivity index (χ1n) is 9.41. The fourth-order valence-electron chi connectivity index (χ4n) is 3.06. The molecule has 32 heavy (non-hydrogen) atoms. The first-order chi connectivity index (χ1) is 15.2. The average molecular weight is 506 g/mol. The number of sulfonamides is 1. The second-order valence-corrected chi connectivity index (χ2v) is 10.9.